The van der Waals surface area contributed by atoms with Crippen LogP contribution in [0.1, 0.15) is 24.5 Å². The summed E-state index contributed by atoms with van der Waals surface area (Å²) in [7, 11) is 0. The van der Waals surface area contributed by atoms with Crippen LogP contribution < -0.4 is 9.47 Å². The Balaban J connectivity index is 1.55. The summed E-state index contributed by atoms with van der Waals surface area (Å²) in [5.41, 5.74) is 1.71. The number of rotatable bonds is 10. The van der Waals surface area contributed by atoms with Crippen LogP contribution in [0.3, 0.4) is 0 Å². The van der Waals surface area contributed by atoms with E-state index in [1.807, 2.05) is 54.6 Å². The number of carbonyl (C=O) groups is 1. The van der Waals surface area contributed by atoms with Crippen LogP contribution in [0.4, 0.5) is 4.39 Å². The Labute approximate surface area is 176 Å². The van der Waals surface area contributed by atoms with Crippen molar-refractivity contribution in [3.63, 3.8) is 0 Å². The van der Waals surface area contributed by atoms with E-state index >= 15 is 0 Å². The van der Waals surface area contributed by atoms with Gasteiger partial charge < -0.3 is 14.2 Å². The molecule has 0 aromatic heterocycles. The molecule has 0 amide bonds. The van der Waals surface area contributed by atoms with E-state index in [9.17, 15) is 9.18 Å². The highest BCUT2D eigenvalue weighted by atomic mass is 19.1. The zero-order valence-corrected chi connectivity index (χ0v) is 17.0. The predicted octanol–water partition coefficient (Wildman–Crippen LogP) is 5.74. The van der Waals surface area contributed by atoms with Crippen LogP contribution in [-0.4, -0.2) is 19.2 Å². The molecule has 0 radical (unpaired) electrons. The van der Waals surface area contributed by atoms with Gasteiger partial charge in [-0.25, -0.2) is 4.39 Å². The standard InChI is InChI=1S/C25H25FO4/c1-2-28-25(27)15-13-19-12-14-24(22(26)18-19)29-17-16-20-8-6-7-11-23(20)30-21-9-4-3-5-10-21/h3-12,14,18H,2,13,15-17H2,1H3. The number of esters is 1. The number of hydrogen-bond donors (Lipinski definition) is 0. The summed E-state index contributed by atoms with van der Waals surface area (Å²) in [6.07, 6.45) is 1.24. The Morgan fingerprint density at radius 3 is 2.43 bits per heavy atom. The minimum absolute atomic E-state index is 0.191. The summed E-state index contributed by atoms with van der Waals surface area (Å²) in [6.45, 7) is 2.42. The van der Waals surface area contributed by atoms with Crippen LogP contribution >= 0.6 is 0 Å². The first kappa shape index (κ1) is 21.4. The monoisotopic (exact) mass is 408 g/mol. The summed E-state index contributed by atoms with van der Waals surface area (Å²) in [6, 6.07) is 22.1. The first-order valence-electron chi connectivity index (χ1n) is 10.0. The molecular weight excluding hydrogens is 383 g/mol. The van der Waals surface area contributed by atoms with Gasteiger partial charge in [-0.2, -0.15) is 0 Å². The van der Waals surface area contributed by atoms with E-state index in [1.54, 1.807) is 19.1 Å². The number of para-hydroxylation sites is 2. The van der Waals surface area contributed by atoms with Gasteiger partial charge in [0.2, 0.25) is 0 Å². The van der Waals surface area contributed by atoms with E-state index in [2.05, 4.69) is 0 Å². The number of hydrogen-bond acceptors (Lipinski definition) is 4. The molecule has 30 heavy (non-hydrogen) atoms. The molecule has 5 heteroatoms. The Bertz CT molecular complexity index is 956. The van der Waals surface area contributed by atoms with E-state index in [0.29, 0.717) is 26.1 Å². The number of benzene rings is 3. The third-order valence-electron chi connectivity index (χ3n) is 4.49. The van der Waals surface area contributed by atoms with Gasteiger partial charge in [0.15, 0.2) is 11.6 Å². The molecule has 0 spiro atoms. The quantitative estimate of drug-likeness (QED) is 0.402. The molecular formula is C25H25FO4. The highest BCUT2D eigenvalue weighted by molar-refractivity contribution is 5.69. The van der Waals surface area contributed by atoms with Gasteiger partial charge in [-0.3, -0.25) is 4.79 Å². The highest BCUT2D eigenvalue weighted by Gasteiger charge is 2.09. The minimum atomic E-state index is -0.440. The van der Waals surface area contributed by atoms with Gasteiger partial charge in [-0.1, -0.05) is 42.5 Å². The van der Waals surface area contributed by atoms with Gasteiger partial charge >= 0.3 is 5.97 Å². The second kappa shape index (κ2) is 11.0. The Hall–Kier alpha value is -3.34. The van der Waals surface area contributed by atoms with Crippen molar-refractivity contribution >= 4 is 5.97 Å². The highest BCUT2D eigenvalue weighted by Crippen LogP contribution is 2.26. The lowest BCUT2D eigenvalue weighted by molar-refractivity contribution is -0.143. The zero-order valence-electron chi connectivity index (χ0n) is 17.0. The zero-order chi connectivity index (χ0) is 21.2. The van der Waals surface area contributed by atoms with Crippen LogP contribution in [0.2, 0.25) is 0 Å². The van der Waals surface area contributed by atoms with E-state index < -0.39 is 5.82 Å². The maximum Gasteiger partial charge on any atom is 0.306 e. The van der Waals surface area contributed by atoms with Gasteiger partial charge in [0, 0.05) is 12.8 Å². The third-order valence-corrected chi connectivity index (χ3v) is 4.49. The van der Waals surface area contributed by atoms with Crippen LogP contribution in [0.25, 0.3) is 0 Å². The lowest BCUT2D eigenvalue weighted by Crippen LogP contribution is -2.06. The number of aryl methyl sites for hydroxylation is 1. The van der Waals surface area contributed by atoms with Crippen LogP contribution in [0.5, 0.6) is 17.2 Å². The third kappa shape index (κ3) is 6.34. The molecule has 0 atom stereocenters. The molecule has 0 heterocycles. The second-order valence-corrected chi connectivity index (χ2v) is 6.69. The Kier molecular flexibility index (Phi) is 7.84. The van der Waals surface area contributed by atoms with Crippen molar-refractivity contribution in [2.75, 3.05) is 13.2 Å². The summed E-state index contributed by atoms with van der Waals surface area (Å²) in [5, 5.41) is 0. The molecule has 3 aromatic carbocycles. The van der Waals surface area contributed by atoms with E-state index in [0.717, 1.165) is 22.6 Å². The fourth-order valence-corrected chi connectivity index (χ4v) is 2.99. The average molecular weight is 408 g/mol. The van der Waals surface area contributed by atoms with E-state index in [-0.39, 0.29) is 18.1 Å². The number of carbonyl (C=O) groups excluding carboxylic acids is 1. The molecule has 156 valence electrons. The molecule has 3 aromatic rings. The Morgan fingerprint density at radius 1 is 0.900 bits per heavy atom. The van der Waals surface area contributed by atoms with Crippen LogP contribution in [0.15, 0.2) is 72.8 Å². The van der Waals surface area contributed by atoms with Crippen molar-refractivity contribution in [2.45, 2.75) is 26.2 Å². The molecule has 0 fully saturated rings. The SMILES string of the molecule is CCOC(=O)CCc1ccc(OCCc2ccccc2Oc2ccccc2)c(F)c1. The molecule has 0 saturated carbocycles. The molecule has 0 aliphatic carbocycles. The largest absolute Gasteiger partial charge is 0.490 e. The van der Waals surface area contributed by atoms with Gasteiger partial charge in [-0.15, -0.1) is 0 Å². The number of ether oxygens (including phenoxy) is 3. The molecule has 4 nitrogen and oxygen atoms in total. The van der Waals surface area contributed by atoms with Gasteiger partial charge in [-0.05, 0) is 54.8 Å². The van der Waals surface area contributed by atoms with Crippen molar-refractivity contribution in [1.29, 1.82) is 0 Å². The van der Waals surface area contributed by atoms with Crippen molar-refractivity contribution < 1.29 is 23.4 Å². The normalized spacial score (nSPS) is 10.5. The van der Waals surface area contributed by atoms with Gasteiger partial charge in [0.05, 0.1) is 13.2 Å². The van der Waals surface area contributed by atoms with Gasteiger partial charge in [0.1, 0.15) is 11.5 Å². The maximum atomic E-state index is 14.3. The Morgan fingerprint density at radius 2 is 1.67 bits per heavy atom. The molecule has 0 aliphatic heterocycles. The summed E-state index contributed by atoms with van der Waals surface area (Å²) >= 11 is 0. The van der Waals surface area contributed by atoms with Gasteiger partial charge in [0.25, 0.3) is 0 Å². The average Bonchev–Trinajstić information content (AvgIpc) is 2.76. The molecule has 0 unspecified atom stereocenters. The summed E-state index contributed by atoms with van der Waals surface area (Å²) in [4.78, 5) is 11.4. The minimum Gasteiger partial charge on any atom is -0.490 e. The van der Waals surface area contributed by atoms with E-state index in [4.69, 9.17) is 14.2 Å². The number of halogens is 1. The lowest BCUT2D eigenvalue weighted by atomic mass is 10.1. The predicted molar refractivity (Wildman–Crippen MR) is 114 cm³/mol. The first-order valence-corrected chi connectivity index (χ1v) is 10.0. The topological polar surface area (TPSA) is 44.8 Å². The fourth-order valence-electron chi connectivity index (χ4n) is 2.99. The van der Waals surface area contributed by atoms with Crippen LogP contribution in [0, 0.1) is 5.82 Å². The second-order valence-electron chi connectivity index (χ2n) is 6.69. The van der Waals surface area contributed by atoms with Crippen LogP contribution in [-0.2, 0) is 22.4 Å². The van der Waals surface area contributed by atoms with Crippen molar-refractivity contribution in [3.05, 3.63) is 89.7 Å². The fraction of sp³-hybridized carbons (Fsp3) is 0.240. The van der Waals surface area contributed by atoms with Crippen molar-refractivity contribution in [3.8, 4) is 17.2 Å². The summed E-state index contributed by atoms with van der Waals surface area (Å²) < 4.78 is 30.8. The summed E-state index contributed by atoms with van der Waals surface area (Å²) in [5.74, 6) is 0.980. The smallest absolute Gasteiger partial charge is 0.306 e. The van der Waals surface area contributed by atoms with Crippen molar-refractivity contribution in [2.24, 2.45) is 0 Å². The molecule has 0 aliphatic rings. The maximum absolute atomic E-state index is 14.3. The molecule has 0 N–H and O–H groups in total. The van der Waals surface area contributed by atoms with Crippen molar-refractivity contribution in [1.82, 2.24) is 0 Å². The molecule has 3 rings (SSSR count). The van der Waals surface area contributed by atoms with E-state index in [1.165, 1.54) is 6.07 Å². The lowest BCUT2D eigenvalue weighted by Gasteiger charge is -2.12. The molecule has 0 bridgehead atoms. The first-order chi connectivity index (χ1) is 14.7. The molecule has 0 saturated heterocycles.